The summed E-state index contributed by atoms with van der Waals surface area (Å²) in [5, 5.41) is 7.83. The van der Waals surface area contributed by atoms with E-state index in [-0.39, 0.29) is 65.4 Å². The fraction of sp³-hybridized carbons (Fsp3) is 0.429. The van der Waals surface area contributed by atoms with Crippen LogP contribution >= 0.6 is 0 Å². The maximum Gasteiger partial charge on any atom is 0 e. The number of hydrogen-bond donors (Lipinski definition) is 1. The first kappa shape index (κ1) is 29.5. The second kappa shape index (κ2) is 43.2. The van der Waals surface area contributed by atoms with E-state index < -0.39 is 6.10 Å². The molecule has 0 aliphatic rings. The summed E-state index contributed by atoms with van der Waals surface area (Å²) in [6.45, 7) is 16.2. The summed E-state index contributed by atoms with van der Waals surface area (Å²) in [5.74, 6) is 0. The number of aliphatic hydroxyl groups is 1. The van der Waals surface area contributed by atoms with Crippen molar-refractivity contribution in [3.8, 4) is 0 Å². The minimum atomic E-state index is -0.667. The van der Waals surface area contributed by atoms with Gasteiger partial charge in [-0.2, -0.15) is 13.8 Å². The molecule has 0 aliphatic heterocycles. The van der Waals surface area contributed by atoms with Gasteiger partial charge in [-0.1, -0.05) is 0 Å². The molecule has 0 fully saturated rings. The van der Waals surface area contributed by atoms with Crippen molar-refractivity contribution in [1.82, 2.24) is 0 Å². The Morgan fingerprint density at radius 3 is 0.900 bits per heavy atom. The zero-order valence-corrected chi connectivity index (χ0v) is 12.7. The quantitative estimate of drug-likeness (QED) is 0.674. The molecule has 0 bridgehead atoms. The molecule has 0 rings (SSSR count). The second-order valence-electron chi connectivity index (χ2n) is 0.654. The summed E-state index contributed by atoms with van der Waals surface area (Å²) in [6, 6.07) is 0. The van der Waals surface area contributed by atoms with Crippen molar-refractivity contribution in [2.75, 3.05) is 0 Å². The van der Waals surface area contributed by atoms with E-state index in [9.17, 15) is 0 Å². The fourth-order valence-electron chi connectivity index (χ4n) is 0. The first-order chi connectivity index (χ1) is 3.73. The average molecular weight is 294 g/mol. The third kappa shape index (κ3) is 182. The number of aliphatic hydroxyl groups excluding tert-OH is 1. The molecule has 0 heterocycles. The SMILES string of the molecule is [CH2-]C.[CH2-]C.[CH2-]C([CH2-])O.[Y].[Y]. The summed E-state index contributed by atoms with van der Waals surface area (Å²) >= 11 is 0. The maximum absolute atomic E-state index is 7.83. The zero-order chi connectivity index (χ0) is 7.58. The molecule has 0 atom stereocenters. The van der Waals surface area contributed by atoms with E-state index in [2.05, 4.69) is 27.7 Å². The van der Waals surface area contributed by atoms with Crippen LogP contribution in [0.5, 0.6) is 0 Å². The van der Waals surface area contributed by atoms with E-state index in [1.54, 1.807) is 13.8 Å². The van der Waals surface area contributed by atoms with E-state index >= 15 is 0 Å². The molecule has 0 aromatic heterocycles. The molecule has 1 N–H and O–H groups in total. The number of hydrogen-bond acceptors (Lipinski definition) is 1. The van der Waals surface area contributed by atoms with Crippen LogP contribution in [-0.2, 0) is 65.4 Å². The molecular weight excluding hydrogens is 278 g/mol. The van der Waals surface area contributed by atoms with Crippen LogP contribution in [0.4, 0.5) is 0 Å². The largest absolute Gasteiger partial charge is 0.456 e. The van der Waals surface area contributed by atoms with Gasteiger partial charge in [0, 0.05) is 65.4 Å². The van der Waals surface area contributed by atoms with Gasteiger partial charge in [-0.15, -0.1) is 0 Å². The van der Waals surface area contributed by atoms with E-state index in [1.807, 2.05) is 0 Å². The van der Waals surface area contributed by atoms with Gasteiger partial charge in [-0.3, -0.25) is 0 Å². The molecule has 0 saturated carbocycles. The van der Waals surface area contributed by atoms with Crippen LogP contribution in [0.2, 0.25) is 0 Å². The summed E-state index contributed by atoms with van der Waals surface area (Å²) in [7, 11) is 0. The summed E-state index contributed by atoms with van der Waals surface area (Å²) in [6.07, 6.45) is -0.667. The van der Waals surface area contributed by atoms with Crippen LogP contribution < -0.4 is 0 Å². The van der Waals surface area contributed by atoms with Crippen molar-refractivity contribution >= 4 is 0 Å². The number of rotatable bonds is 0. The Kier molecular flexibility index (Phi) is 128. The van der Waals surface area contributed by atoms with Gasteiger partial charge in [0.25, 0.3) is 0 Å². The molecule has 0 unspecified atom stereocenters. The van der Waals surface area contributed by atoms with E-state index in [4.69, 9.17) is 5.11 Å². The van der Waals surface area contributed by atoms with E-state index in [0.29, 0.717) is 0 Å². The Bertz CT molecular complexity index is 16.3. The van der Waals surface area contributed by atoms with Crippen molar-refractivity contribution in [3.63, 3.8) is 0 Å². The van der Waals surface area contributed by atoms with Gasteiger partial charge in [0.2, 0.25) is 0 Å². The first-order valence-electron chi connectivity index (χ1n) is 2.49. The van der Waals surface area contributed by atoms with Crippen LogP contribution in [0.25, 0.3) is 0 Å². The Morgan fingerprint density at radius 2 is 0.900 bits per heavy atom. The molecule has 2 radical (unpaired) electrons. The van der Waals surface area contributed by atoms with Gasteiger partial charge in [0.15, 0.2) is 0 Å². The topological polar surface area (TPSA) is 20.2 Å². The average Bonchev–Trinajstić information content (AvgIpc) is 1.75. The monoisotopic (exact) mass is 294 g/mol. The Balaban J connectivity index is -0.0000000125. The molecular formula is C7H16OY2-4. The van der Waals surface area contributed by atoms with Crippen molar-refractivity contribution < 1.29 is 70.5 Å². The van der Waals surface area contributed by atoms with Gasteiger partial charge in [-0.05, 0) is 0 Å². The van der Waals surface area contributed by atoms with E-state index in [0.717, 1.165) is 0 Å². The van der Waals surface area contributed by atoms with Gasteiger partial charge < -0.3 is 32.8 Å². The standard InChI is InChI=1S/C3H6O.2C2H5.2Y/c1-3(2)4;2*1-2;;/h3-4H,1-2H2;2*1H2,2H3;;/q-2;2*-1;;. The summed E-state index contributed by atoms with van der Waals surface area (Å²) < 4.78 is 0. The molecule has 0 aromatic rings. The minimum Gasteiger partial charge on any atom is -0.456 e. The second-order valence-corrected chi connectivity index (χ2v) is 0.654. The van der Waals surface area contributed by atoms with Gasteiger partial charge in [0.1, 0.15) is 0 Å². The van der Waals surface area contributed by atoms with Gasteiger partial charge >= 0.3 is 0 Å². The Hall–Kier alpha value is 2.17. The summed E-state index contributed by atoms with van der Waals surface area (Å²) in [4.78, 5) is 0. The van der Waals surface area contributed by atoms with Crippen LogP contribution in [0.1, 0.15) is 13.8 Å². The van der Waals surface area contributed by atoms with Gasteiger partial charge in [0.05, 0.1) is 0 Å². The third-order valence-corrected chi connectivity index (χ3v) is 0. The van der Waals surface area contributed by atoms with Crippen LogP contribution in [0.15, 0.2) is 0 Å². The van der Waals surface area contributed by atoms with Crippen molar-refractivity contribution in [3.05, 3.63) is 27.7 Å². The molecule has 0 amide bonds. The Labute approximate surface area is 117 Å². The minimum absolute atomic E-state index is 0. The van der Waals surface area contributed by atoms with Crippen LogP contribution in [0, 0.1) is 27.7 Å². The smallest absolute Gasteiger partial charge is 0 e. The summed E-state index contributed by atoms with van der Waals surface area (Å²) in [5.41, 5.74) is 0. The van der Waals surface area contributed by atoms with E-state index in [1.165, 1.54) is 0 Å². The van der Waals surface area contributed by atoms with Gasteiger partial charge in [-0.25, -0.2) is 6.10 Å². The molecule has 1 nitrogen and oxygen atoms in total. The van der Waals surface area contributed by atoms with Crippen molar-refractivity contribution in [1.29, 1.82) is 0 Å². The first-order valence-corrected chi connectivity index (χ1v) is 2.49. The molecule has 0 aromatic carbocycles. The predicted octanol–water partition coefficient (Wildman–Crippen LogP) is 1.69. The van der Waals surface area contributed by atoms with Crippen molar-refractivity contribution in [2.45, 2.75) is 20.0 Å². The van der Waals surface area contributed by atoms with Crippen molar-refractivity contribution in [2.24, 2.45) is 0 Å². The molecule has 0 saturated heterocycles. The van der Waals surface area contributed by atoms with Crippen LogP contribution in [-0.4, -0.2) is 11.2 Å². The van der Waals surface area contributed by atoms with Crippen LogP contribution in [0.3, 0.4) is 0 Å². The molecule has 60 valence electrons. The fourth-order valence-corrected chi connectivity index (χ4v) is 0. The molecule has 10 heavy (non-hydrogen) atoms. The normalized spacial score (nSPS) is 4.80. The Morgan fingerprint density at radius 1 is 0.900 bits per heavy atom. The molecule has 3 heteroatoms. The zero-order valence-electron chi connectivity index (χ0n) is 7.01. The maximum atomic E-state index is 7.83. The molecule has 0 spiro atoms. The molecule has 0 aliphatic carbocycles. The third-order valence-electron chi connectivity index (χ3n) is 0. The predicted molar refractivity (Wildman–Crippen MR) is 38.8 cm³/mol.